The van der Waals surface area contributed by atoms with Crippen LogP contribution in [0, 0.1) is 34.6 Å². The van der Waals surface area contributed by atoms with Crippen LogP contribution in [0.3, 0.4) is 0 Å². The first-order valence-electron chi connectivity index (χ1n) is 11.2. The molecule has 1 heterocycles. The van der Waals surface area contributed by atoms with Crippen molar-refractivity contribution in [2.45, 2.75) is 58.9 Å². The average Bonchev–Trinajstić information content (AvgIpc) is 2.78. The van der Waals surface area contributed by atoms with Gasteiger partial charge in [0.25, 0.3) is 10.0 Å². The standard InChI is InChI=1S/C27H30N2O3S/c1-17-18(2)20(4)27(21(5)19(17)3)33(31,32)28-24-12-13-25-23(15-24)11-14-26(30)29(25)16-22-9-7-6-8-10-22/h6-10,12-13,15,28H,11,14,16H2,1-5H3. The Kier molecular flexibility index (Phi) is 6.06. The van der Waals surface area contributed by atoms with Gasteiger partial charge in [-0.25, -0.2) is 8.42 Å². The van der Waals surface area contributed by atoms with Gasteiger partial charge in [0.05, 0.1) is 11.4 Å². The number of carbonyl (C=O) groups is 1. The highest BCUT2D eigenvalue weighted by molar-refractivity contribution is 7.92. The van der Waals surface area contributed by atoms with Gasteiger partial charge >= 0.3 is 0 Å². The SMILES string of the molecule is Cc1c(C)c(C)c(S(=O)(=O)Nc2ccc3c(c2)CCC(=O)N3Cc2ccccc2)c(C)c1C. The van der Waals surface area contributed by atoms with Crippen molar-refractivity contribution in [3.8, 4) is 0 Å². The van der Waals surface area contributed by atoms with Gasteiger partial charge in [0.1, 0.15) is 0 Å². The van der Waals surface area contributed by atoms with Crippen LogP contribution < -0.4 is 9.62 Å². The number of sulfonamides is 1. The summed E-state index contributed by atoms with van der Waals surface area (Å²) in [5, 5.41) is 0. The first kappa shape index (κ1) is 23.1. The lowest BCUT2D eigenvalue weighted by Gasteiger charge is -2.30. The van der Waals surface area contributed by atoms with Crippen LogP contribution in [-0.2, 0) is 27.8 Å². The van der Waals surface area contributed by atoms with Gasteiger partial charge < -0.3 is 4.90 Å². The Balaban J connectivity index is 1.67. The third-order valence-electron chi connectivity index (χ3n) is 6.92. The second-order valence-corrected chi connectivity index (χ2v) is 10.5. The van der Waals surface area contributed by atoms with E-state index in [0.29, 0.717) is 30.0 Å². The zero-order valence-corrected chi connectivity index (χ0v) is 20.6. The van der Waals surface area contributed by atoms with Crippen LogP contribution in [0.4, 0.5) is 11.4 Å². The third-order valence-corrected chi connectivity index (χ3v) is 8.57. The van der Waals surface area contributed by atoms with Gasteiger partial charge in [-0.15, -0.1) is 0 Å². The number of hydrogen-bond donors (Lipinski definition) is 1. The Hall–Kier alpha value is -3.12. The lowest BCUT2D eigenvalue weighted by Crippen LogP contribution is -2.34. The van der Waals surface area contributed by atoms with Gasteiger partial charge in [0, 0.05) is 17.8 Å². The molecule has 0 bridgehead atoms. The molecule has 1 N–H and O–H groups in total. The molecule has 0 saturated heterocycles. The van der Waals surface area contributed by atoms with E-state index in [9.17, 15) is 13.2 Å². The van der Waals surface area contributed by atoms with Crippen LogP contribution in [-0.4, -0.2) is 14.3 Å². The quantitative estimate of drug-likeness (QED) is 0.544. The summed E-state index contributed by atoms with van der Waals surface area (Å²) in [6, 6.07) is 15.3. The minimum atomic E-state index is -3.77. The summed E-state index contributed by atoms with van der Waals surface area (Å²) in [4.78, 5) is 14.8. The van der Waals surface area contributed by atoms with Crippen molar-refractivity contribution < 1.29 is 13.2 Å². The smallest absolute Gasteiger partial charge is 0.262 e. The minimum absolute atomic E-state index is 0.0801. The van der Waals surface area contributed by atoms with Gasteiger partial charge in [0.2, 0.25) is 5.91 Å². The molecule has 5 nitrogen and oxygen atoms in total. The van der Waals surface area contributed by atoms with Gasteiger partial charge in [-0.05, 0) is 98.2 Å². The molecule has 0 unspecified atom stereocenters. The fourth-order valence-electron chi connectivity index (χ4n) is 4.64. The highest BCUT2D eigenvalue weighted by Gasteiger charge is 2.27. The number of nitrogens with one attached hydrogen (secondary N) is 1. The molecule has 0 aromatic heterocycles. The highest BCUT2D eigenvalue weighted by Crippen LogP contribution is 2.34. The highest BCUT2D eigenvalue weighted by atomic mass is 32.2. The molecule has 4 rings (SSSR count). The van der Waals surface area contributed by atoms with E-state index < -0.39 is 10.0 Å². The predicted molar refractivity (Wildman–Crippen MR) is 133 cm³/mol. The fraction of sp³-hybridized carbons (Fsp3) is 0.296. The molecule has 0 aliphatic carbocycles. The largest absolute Gasteiger partial charge is 0.308 e. The van der Waals surface area contributed by atoms with Crippen molar-refractivity contribution in [1.82, 2.24) is 0 Å². The molecule has 0 radical (unpaired) electrons. The van der Waals surface area contributed by atoms with E-state index in [0.717, 1.165) is 44.6 Å². The van der Waals surface area contributed by atoms with Crippen molar-refractivity contribution in [2.75, 3.05) is 9.62 Å². The molecule has 3 aromatic rings. The Labute approximate surface area is 196 Å². The molecule has 6 heteroatoms. The molecule has 0 atom stereocenters. The lowest BCUT2D eigenvalue weighted by molar-refractivity contribution is -0.119. The number of benzene rings is 3. The number of aryl methyl sites for hydroxylation is 1. The predicted octanol–water partition coefficient (Wildman–Crippen LogP) is 5.51. The molecule has 1 aliphatic rings. The van der Waals surface area contributed by atoms with E-state index in [4.69, 9.17) is 0 Å². The maximum Gasteiger partial charge on any atom is 0.262 e. The second kappa shape index (κ2) is 8.67. The molecule has 172 valence electrons. The summed E-state index contributed by atoms with van der Waals surface area (Å²) in [7, 11) is -3.77. The summed E-state index contributed by atoms with van der Waals surface area (Å²) in [5.41, 5.74) is 8.06. The normalized spacial score (nSPS) is 13.7. The van der Waals surface area contributed by atoms with Crippen LogP contribution in [0.1, 0.15) is 45.4 Å². The summed E-state index contributed by atoms with van der Waals surface area (Å²) in [6.07, 6.45) is 1.00. The molecule has 1 amide bonds. The van der Waals surface area contributed by atoms with E-state index in [2.05, 4.69) is 4.72 Å². The van der Waals surface area contributed by atoms with Crippen molar-refractivity contribution >= 4 is 27.3 Å². The molecule has 1 aliphatic heterocycles. The number of fused-ring (bicyclic) bond motifs is 1. The number of carbonyl (C=O) groups excluding carboxylic acids is 1. The van der Waals surface area contributed by atoms with Crippen molar-refractivity contribution in [3.05, 3.63) is 87.5 Å². The van der Waals surface area contributed by atoms with Crippen LogP contribution in [0.25, 0.3) is 0 Å². The number of amides is 1. The number of anilines is 2. The Morgan fingerprint density at radius 2 is 1.42 bits per heavy atom. The third kappa shape index (κ3) is 4.27. The van der Waals surface area contributed by atoms with Crippen molar-refractivity contribution in [2.24, 2.45) is 0 Å². The minimum Gasteiger partial charge on any atom is -0.308 e. The number of hydrogen-bond acceptors (Lipinski definition) is 3. The van der Waals surface area contributed by atoms with Gasteiger partial charge in [-0.1, -0.05) is 30.3 Å². The van der Waals surface area contributed by atoms with E-state index in [1.54, 1.807) is 11.0 Å². The second-order valence-electron chi connectivity index (χ2n) is 8.87. The number of rotatable bonds is 5. The Bertz CT molecular complexity index is 1320. The fourth-order valence-corrected chi connectivity index (χ4v) is 6.29. The summed E-state index contributed by atoms with van der Waals surface area (Å²) in [6.45, 7) is 10.2. The van der Waals surface area contributed by atoms with Crippen LogP contribution >= 0.6 is 0 Å². The molecule has 33 heavy (non-hydrogen) atoms. The zero-order chi connectivity index (χ0) is 23.9. The maximum absolute atomic E-state index is 13.4. The molecular formula is C27H30N2O3S. The maximum atomic E-state index is 13.4. The molecule has 0 spiro atoms. The first-order valence-corrected chi connectivity index (χ1v) is 12.7. The van der Waals surface area contributed by atoms with Gasteiger partial charge in [-0.3, -0.25) is 9.52 Å². The Morgan fingerprint density at radius 3 is 2.06 bits per heavy atom. The first-order chi connectivity index (χ1) is 15.6. The van der Waals surface area contributed by atoms with E-state index in [1.807, 2.05) is 77.1 Å². The van der Waals surface area contributed by atoms with Crippen LogP contribution in [0.5, 0.6) is 0 Å². The summed E-state index contributed by atoms with van der Waals surface area (Å²) in [5.74, 6) is 0.0801. The van der Waals surface area contributed by atoms with E-state index in [-0.39, 0.29) is 5.91 Å². The summed E-state index contributed by atoms with van der Waals surface area (Å²) >= 11 is 0. The molecular weight excluding hydrogens is 432 g/mol. The lowest BCUT2D eigenvalue weighted by atomic mass is 9.95. The summed E-state index contributed by atoms with van der Waals surface area (Å²) < 4.78 is 29.6. The van der Waals surface area contributed by atoms with Crippen LogP contribution in [0.15, 0.2) is 53.4 Å². The van der Waals surface area contributed by atoms with Gasteiger partial charge in [0.15, 0.2) is 0 Å². The van der Waals surface area contributed by atoms with Crippen molar-refractivity contribution in [3.63, 3.8) is 0 Å². The van der Waals surface area contributed by atoms with E-state index >= 15 is 0 Å². The van der Waals surface area contributed by atoms with Crippen LogP contribution in [0.2, 0.25) is 0 Å². The van der Waals surface area contributed by atoms with Gasteiger partial charge in [-0.2, -0.15) is 0 Å². The molecule has 3 aromatic carbocycles. The Morgan fingerprint density at radius 1 is 0.818 bits per heavy atom. The zero-order valence-electron chi connectivity index (χ0n) is 19.8. The molecule has 0 saturated carbocycles. The molecule has 0 fully saturated rings. The monoisotopic (exact) mass is 462 g/mol. The average molecular weight is 463 g/mol. The van der Waals surface area contributed by atoms with Crippen molar-refractivity contribution in [1.29, 1.82) is 0 Å². The number of nitrogens with zero attached hydrogens (tertiary/aromatic N) is 1. The van der Waals surface area contributed by atoms with E-state index in [1.165, 1.54) is 0 Å². The topological polar surface area (TPSA) is 66.5 Å².